The van der Waals surface area contributed by atoms with E-state index in [9.17, 15) is 4.79 Å². The van der Waals surface area contributed by atoms with Gasteiger partial charge in [-0.3, -0.25) is 19.7 Å². The number of nitrogens with zero attached hydrogens (tertiary/aromatic N) is 3. The minimum Gasteiger partial charge on any atom is -0.497 e. The molecule has 1 saturated heterocycles. The van der Waals surface area contributed by atoms with E-state index in [2.05, 4.69) is 43.0 Å². The van der Waals surface area contributed by atoms with Crippen molar-refractivity contribution in [1.82, 2.24) is 25.8 Å². The number of aromatic nitrogens is 1. The maximum absolute atomic E-state index is 12.1. The van der Waals surface area contributed by atoms with Crippen LogP contribution in [0, 0.1) is 0 Å². The second-order valence-corrected chi connectivity index (χ2v) is 7.31. The van der Waals surface area contributed by atoms with Crippen molar-refractivity contribution in [2.24, 2.45) is 4.99 Å². The number of carbonyl (C=O) groups excluding carboxylic acids is 1. The van der Waals surface area contributed by atoms with Crippen molar-refractivity contribution in [3.8, 4) is 5.75 Å². The smallest absolute Gasteiger partial charge is 0.252 e. The van der Waals surface area contributed by atoms with Gasteiger partial charge in [0, 0.05) is 52.2 Å². The molecule has 2 aromatic rings. The largest absolute Gasteiger partial charge is 0.497 e. The van der Waals surface area contributed by atoms with Gasteiger partial charge in [0.1, 0.15) is 5.75 Å². The van der Waals surface area contributed by atoms with Crippen molar-refractivity contribution >= 4 is 35.8 Å². The van der Waals surface area contributed by atoms with Crippen LogP contribution in [0.25, 0.3) is 0 Å². The monoisotopic (exact) mass is 568 g/mol. The fraction of sp³-hybridized carbons (Fsp3) is 0.435. The minimum absolute atomic E-state index is 0. The number of halogens is 1. The molecule has 3 N–H and O–H groups in total. The third-order valence-corrected chi connectivity index (χ3v) is 5.30. The first kappa shape index (κ1) is 26.8. The Labute approximate surface area is 212 Å². The zero-order chi connectivity index (χ0) is 22.6. The number of rotatable bonds is 9. The molecule has 0 bridgehead atoms. The van der Waals surface area contributed by atoms with Crippen molar-refractivity contribution in [2.75, 3.05) is 60.1 Å². The number of amides is 1. The number of hydrogen-bond donors (Lipinski definition) is 3. The summed E-state index contributed by atoms with van der Waals surface area (Å²) in [4.78, 5) is 22.8. The van der Waals surface area contributed by atoms with Crippen molar-refractivity contribution in [2.45, 2.75) is 6.04 Å². The predicted molar refractivity (Wildman–Crippen MR) is 139 cm³/mol. The molecule has 9 nitrogen and oxygen atoms in total. The van der Waals surface area contributed by atoms with Gasteiger partial charge in [-0.15, -0.1) is 24.0 Å². The second kappa shape index (κ2) is 14.7. The van der Waals surface area contributed by atoms with Gasteiger partial charge < -0.3 is 25.4 Å². The van der Waals surface area contributed by atoms with Crippen molar-refractivity contribution in [1.29, 1.82) is 0 Å². The van der Waals surface area contributed by atoms with E-state index < -0.39 is 0 Å². The van der Waals surface area contributed by atoms with Gasteiger partial charge in [-0.1, -0.05) is 12.1 Å². The molecule has 1 aliphatic heterocycles. The number of benzene rings is 1. The molecule has 1 aliphatic rings. The number of ether oxygens (including phenoxy) is 2. The molecule has 1 fully saturated rings. The highest BCUT2D eigenvalue weighted by Gasteiger charge is 2.23. The van der Waals surface area contributed by atoms with Crippen LogP contribution in [0.15, 0.2) is 53.8 Å². The van der Waals surface area contributed by atoms with E-state index in [0.29, 0.717) is 31.2 Å². The molecule has 3 rings (SSSR count). The zero-order valence-corrected chi connectivity index (χ0v) is 21.5. The molecular weight excluding hydrogens is 535 g/mol. The van der Waals surface area contributed by atoms with E-state index >= 15 is 0 Å². The Morgan fingerprint density at radius 1 is 1.15 bits per heavy atom. The number of pyridine rings is 1. The summed E-state index contributed by atoms with van der Waals surface area (Å²) in [5.74, 6) is 1.38. The SMILES string of the molecule is CN=C(NCCNC(=O)c1cccnc1)NCC(c1ccc(OC)cc1)N1CCOCC1.I. The van der Waals surface area contributed by atoms with Gasteiger partial charge in [0.2, 0.25) is 0 Å². The number of nitrogens with one attached hydrogen (secondary N) is 3. The van der Waals surface area contributed by atoms with Gasteiger partial charge >= 0.3 is 0 Å². The first-order chi connectivity index (χ1) is 15.7. The molecule has 0 radical (unpaired) electrons. The minimum atomic E-state index is -0.144. The molecule has 1 unspecified atom stereocenters. The van der Waals surface area contributed by atoms with Crippen molar-refractivity contribution < 1.29 is 14.3 Å². The lowest BCUT2D eigenvalue weighted by Gasteiger charge is -2.35. The van der Waals surface area contributed by atoms with E-state index in [4.69, 9.17) is 9.47 Å². The van der Waals surface area contributed by atoms with Gasteiger partial charge in [-0.05, 0) is 29.8 Å². The zero-order valence-electron chi connectivity index (χ0n) is 19.1. The summed E-state index contributed by atoms with van der Waals surface area (Å²) in [5.41, 5.74) is 1.75. The lowest BCUT2D eigenvalue weighted by atomic mass is 10.0. The van der Waals surface area contributed by atoms with E-state index in [1.54, 1.807) is 38.7 Å². The molecule has 2 heterocycles. The number of guanidine groups is 1. The highest BCUT2D eigenvalue weighted by molar-refractivity contribution is 14.0. The Morgan fingerprint density at radius 2 is 1.88 bits per heavy atom. The molecule has 0 saturated carbocycles. The summed E-state index contributed by atoms with van der Waals surface area (Å²) in [6.07, 6.45) is 3.19. The summed E-state index contributed by atoms with van der Waals surface area (Å²) in [6, 6.07) is 11.8. The molecule has 33 heavy (non-hydrogen) atoms. The van der Waals surface area contributed by atoms with Crippen molar-refractivity contribution in [3.05, 3.63) is 59.9 Å². The van der Waals surface area contributed by atoms with Crippen LogP contribution in [0.4, 0.5) is 0 Å². The topological polar surface area (TPSA) is 100 Å². The van der Waals surface area contributed by atoms with Crippen LogP contribution in [-0.4, -0.2) is 81.8 Å². The normalized spacial score (nSPS) is 15.2. The maximum Gasteiger partial charge on any atom is 0.252 e. The van der Waals surface area contributed by atoms with Crippen LogP contribution < -0.4 is 20.7 Å². The molecule has 1 amide bonds. The van der Waals surface area contributed by atoms with Gasteiger partial charge in [-0.2, -0.15) is 0 Å². The molecule has 10 heteroatoms. The number of hydrogen-bond acceptors (Lipinski definition) is 6. The van der Waals surface area contributed by atoms with E-state index in [1.165, 1.54) is 5.56 Å². The Kier molecular flexibility index (Phi) is 11.9. The molecule has 180 valence electrons. The third kappa shape index (κ3) is 8.45. The summed E-state index contributed by atoms with van der Waals surface area (Å²) >= 11 is 0. The first-order valence-corrected chi connectivity index (χ1v) is 10.8. The molecule has 1 aromatic carbocycles. The average Bonchev–Trinajstić information content (AvgIpc) is 2.86. The summed E-state index contributed by atoms with van der Waals surface area (Å²) in [6.45, 7) is 4.94. The van der Waals surface area contributed by atoms with Gasteiger partial charge in [0.25, 0.3) is 5.91 Å². The van der Waals surface area contributed by atoms with Crippen LogP contribution in [-0.2, 0) is 4.74 Å². The highest BCUT2D eigenvalue weighted by Crippen LogP contribution is 2.23. The molecule has 1 atom stereocenters. The molecular formula is C23H33IN6O3. The molecule has 0 spiro atoms. The summed E-state index contributed by atoms with van der Waals surface area (Å²) < 4.78 is 10.8. The van der Waals surface area contributed by atoms with Gasteiger partial charge in [0.05, 0.1) is 31.9 Å². The van der Waals surface area contributed by atoms with Gasteiger partial charge in [0.15, 0.2) is 5.96 Å². The van der Waals surface area contributed by atoms with Crippen LogP contribution in [0.1, 0.15) is 22.0 Å². The lowest BCUT2D eigenvalue weighted by molar-refractivity contribution is 0.0170. The third-order valence-electron chi connectivity index (χ3n) is 5.30. The highest BCUT2D eigenvalue weighted by atomic mass is 127. The summed E-state index contributed by atoms with van der Waals surface area (Å²) in [5, 5.41) is 9.54. The Hall–Kier alpha value is -2.44. The maximum atomic E-state index is 12.1. The fourth-order valence-electron chi connectivity index (χ4n) is 3.54. The van der Waals surface area contributed by atoms with Crippen molar-refractivity contribution in [3.63, 3.8) is 0 Å². The number of aliphatic imine (C=N–C) groups is 1. The van der Waals surface area contributed by atoms with Crippen LogP contribution in [0.5, 0.6) is 5.75 Å². The standard InChI is InChI=1S/C23H32N6O3.HI/c1-24-23(27-11-10-26-22(30)19-4-3-9-25-16-19)28-17-21(29-12-14-32-15-13-29)18-5-7-20(31-2)8-6-18;/h3-9,16,21H,10-15,17H2,1-2H3,(H,26,30)(H2,24,27,28);1H. The van der Waals surface area contributed by atoms with E-state index in [-0.39, 0.29) is 35.9 Å². The van der Waals surface area contributed by atoms with Crippen LogP contribution in [0.2, 0.25) is 0 Å². The number of methoxy groups -OCH3 is 1. The summed E-state index contributed by atoms with van der Waals surface area (Å²) in [7, 11) is 3.41. The van der Waals surface area contributed by atoms with Crippen LogP contribution in [0.3, 0.4) is 0 Å². The van der Waals surface area contributed by atoms with E-state index in [1.807, 2.05) is 12.1 Å². The number of carbonyl (C=O) groups is 1. The number of morpholine rings is 1. The Bertz CT molecular complexity index is 860. The lowest BCUT2D eigenvalue weighted by Crippen LogP contribution is -2.47. The Balaban J connectivity index is 0.00000385. The van der Waals surface area contributed by atoms with Crippen LogP contribution >= 0.6 is 24.0 Å². The second-order valence-electron chi connectivity index (χ2n) is 7.31. The fourth-order valence-corrected chi connectivity index (χ4v) is 3.54. The quantitative estimate of drug-likeness (QED) is 0.183. The average molecular weight is 568 g/mol. The molecule has 1 aromatic heterocycles. The van der Waals surface area contributed by atoms with Gasteiger partial charge in [-0.25, -0.2) is 0 Å². The Morgan fingerprint density at radius 3 is 2.52 bits per heavy atom. The first-order valence-electron chi connectivity index (χ1n) is 10.8. The molecule has 0 aliphatic carbocycles. The predicted octanol–water partition coefficient (Wildman–Crippen LogP) is 1.68. The van der Waals surface area contributed by atoms with E-state index in [0.717, 1.165) is 32.1 Å².